The van der Waals surface area contributed by atoms with Crippen molar-refractivity contribution in [3.63, 3.8) is 0 Å². The Bertz CT molecular complexity index is 2660. The zero-order chi connectivity index (χ0) is 58.7. The van der Waals surface area contributed by atoms with Crippen molar-refractivity contribution in [1.82, 2.24) is 0 Å². The van der Waals surface area contributed by atoms with E-state index in [4.69, 9.17) is 43.7 Å². The Morgan fingerprint density at radius 1 is 0.349 bits per heavy atom. The van der Waals surface area contributed by atoms with Crippen LogP contribution >= 0.6 is 0 Å². The second-order valence-corrected chi connectivity index (χ2v) is 17.9. The van der Waals surface area contributed by atoms with Crippen molar-refractivity contribution in [3.8, 4) is 69.0 Å². The summed E-state index contributed by atoms with van der Waals surface area (Å²) in [5.74, 6) is -0.0677. The summed E-state index contributed by atoms with van der Waals surface area (Å²) in [6.45, 7) is 5.57. The molecule has 0 saturated heterocycles. The number of rotatable bonds is 24. The van der Waals surface area contributed by atoms with E-state index in [2.05, 4.69) is 30.0 Å². The van der Waals surface area contributed by atoms with Gasteiger partial charge in [0.1, 0.15) is 34.5 Å². The largest absolute Gasteiger partial charge is 3.00 e. The zero-order valence-electron chi connectivity index (χ0n) is 46.4. The number of nitrogens with zero attached hydrogens (tertiary/aromatic N) is 7. The first kappa shape index (κ1) is 73.5. The van der Waals surface area contributed by atoms with Crippen molar-refractivity contribution in [1.29, 1.82) is 0 Å². The molecule has 0 saturated carbocycles. The molecule has 0 amide bonds. The summed E-state index contributed by atoms with van der Waals surface area (Å²) in [4.78, 5) is 35.2. The number of ether oxygens (including phenoxy) is 6. The fourth-order valence-electron chi connectivity index (χ4n) is 7.26. The number of aliphatic imine (C=N–C) groups is 6. The Morgan fingerprint density at radius 3 is 0.602 bits per heavy atom. The molecule has 0 aromatic heterocycles. The summed E-state index contributed by atoms with van der Waals surface area (Å²) in [5.41, 5.74) is 1.23. The maximum Gasteiger partial charge on any atom is 3.00 e. The molecule has 22 nitrogen and oxygen atoms in total. The first-order valence-electron chi connectivity index (χ1n) is 24.2. The van der Waals surface area contributed by atoms with E-state index in [9.17, 15) is 30.6 Å². The Hall–Kier alpha value is -7.54. The van der Waals surface area contributed by atoms with Gasteiger partial charge in [-0.05, 0) is 69.8 Å². The zero-order valence-corrected chi connectivity index (χ0v) is 50.9. The van der Waals surface area contributed by atoms with Crippen LogP contribution in [-0.4, -0.2) is 124 Å². The van der Waals surface area contributed by atoms with Crippen molar-refractivity contribution in [3.05, 3.63) is 158 Å². The van der Waals surface area contributed by atoms with Gasteiger partial charge in [-0.15, -0.1) is 0 Å². The van der Waals surface area contributed by atoms with Crippen LogP contribution in [0.3, 0.4) is 0 Å². The minimum Gasteiger partial charge on any atom is -0.870 e. The number of para-hydroxylation sites is 6. The minimum absolute atomic E-state index is 0. The standard InChI is InChI=1S/2C29H33N3O6.2Mn.NO3.Tb/c2*1-29(17-30-14-20-8-5-11-23(36-2)26(20)33,18-31-15-21-9-6-12-24(37-3)27(21)34)19-32-16-22-10-7-13-25(38-4)28(22)35;;;2-1(3)4;/h2*5-16,33-35H,17-19H2,1-4H3;;;;/q;;2*+2;-1;+3/p-6. The van der Waals surface area contributed by atoms with Gasteiger partial charge in [-0.3, -0.25) is 30.0 Å². The Morgan fingerprint density at radius 2 is 0.482 bits per heavy atom. The summed E-state index contributed by atoms with van der Waals surface area (Å²) in [6.07, 6.45) is 9.04. The molecule has 0 N–H and O–H groups in total. The van der Waals surface area contributed by atoms with E-state index >= 15 is 0 Å². The first-order valence-corrected chi connectivity index (χ1v) is 24.2. The molecular formula is C58H60Mn2N7O15Tb. The summed E-state index contributed by atoms with van der Waals surface area (Å²) in [6, 6.07) is 29.9. The molecule has 83 heavy (non-hydrogen) atoms. The normalized spacial score (nSPS) is 12.4. The molecule has 0 heterocycles. The molecule has 0 aliphatic heterocycles. The average molecular weight is 1360 g/mol. The van der Waals surface area contributed by atoms with Crippen LogP contribution in [0.25, 0.3) is 0 Å². The van der Waals surface area contributed by atoms with E-state index in [0.717, 1.165) is 0 Å². The van der Waals surface area contributed by atoms with Gasteiger partial charge in [0.15, 0.2) is 0 Å². The Balaban J connectivity index is 0.000000754. The van der Waals surface area contributed by atoms with E-state index in [1.165, 1.54) is 79.9 Å². The van der Waals surface area contributed by atoms with Crippen molar-refractivity contribution in [2.75, 3.05) is 81.9 Å². The Kier molecular flexibility index (Phi) is 33.2. The molecule has 0 bridgehead atoms. The number of hydrogen-bond acceptors (Lipinski definition) is 21. The predicted molar refractivity (Wildman–Crippen MR) is 296 cm³/mol. The van der Waals surface area contributed by atoms with Crippen LogP contribution < -0.4 is 59.1 Å². The third-order valence-electron chi connectivity index (χ3n) is 11.6. The van der Waals surface area contributed by atoms with Gasteiger partial charge in [-0.25, -0.2) is 0 Å². The molecule has 25 heteroatoms. The summed E-state index contributed by atoms with van der Waals surface area (Å²) in [7, 11) is 8.64. The van der Waals surface area contributed by atoms with Crippen molar-refractivity contribution < 1.29 is 137 Å². The molecule has 0 unspecified atom stereocenters. The van der Waals surface area contributed by atoms with Gasteiger partial charge in [-0.2, -0.15) is 0 Å². The molecule has 440 valence electrons. The molecule has 0 aliphatic carbocycles. The van der Waals surface area contributed by atoms with Gasteiger partial charge < -0.3 is 74.4 Å². The maximum atomic E-state index is 12.4. The predicted octanol–water partition coefficient (Wildman–Crippen LogP) is 4.95. The number of hydrogen-bond donors (Lipinski definition) is 0. The van der Waals surface area contributed by atoms with Crippen molar-refractivity contribution in [2.24, 2.45) is 40.8 Å². The van der Waals surface area contributed by atoms with Gasteiger partial charge in [0.25, 0.3) is 0 Å². The van der Waals surface area contributed by atoms with Gasteiger partial charge in [0, 0.05) is 87.4 Å². The monoisotopic (exact) mass is 1360 g/mol. The minimum atomic E-state index is -1.75. The molecular weight excluding hydrogens is 1300 g/mol. The Labute approximate surface area is 533 Å². The van der Waals surface area contributed by atoms with Crippen molar-refractivity contribution >= 4 is 37.3 Å². The average Bonchev–Trinajstić information content (AvgIpc) is 3.45. The molecule has 0 spiro atoms. The molecule has 6 aromatic rings. The van der Waals surface area contributed by atoms with E-state index in [1.807, 2.05) is 13.8 Å². The van der Waals surface area contributed by atoms with Crippen LogP contribution in [0.1, 0.15) is 47.2 Å². The third kappa shape index (κ3) is 23.0. The fraction of sp³-hybridized carbons (Fsp3) is 0.276. The van der Waals surface area contributed by atoms with E-state index in [0.29, 0.717) is 33.4 Å². The van der Waals surface area contributed by atoms with Gasteiger partial charge in [-0.1, -0.05) is 121 Å². The van der Waals surface area contributed by atoms with Crippen LogP contribution in [0, 0.1) is 64.8 Å². The molecule has 0 fully saturated rings. The second kappa shape index (κ2) is 37.5. The molecule has 2 radical (unpaired) electrons. The van der Waals surface area contributed by atoms with Gasteiger partial charge in [0.2, 0.25) is 0 Å². The van der Waals surface area contributed by atoms with E-state index in [-0.39, 0.29) is 181 Å². The third-order valence-corrected chi connectivity index (χ3v) is 11.6. The second-order valence-electron chi connectivity index (χ2n) is 17.9. The van der Waals surface area contributed by atoms with Crippen LogP contribution in [0.5, 0.6) is 69.0 Å². The summed E-state index contributed by atoms with van der Waals surface area (Å²) < 4.78 is 30.6. The topological polar surface area (TPSA) is 334 Å². The van der Waals surface area contributed by atoms with Gasteiger partial charge in [0.05, 0.1) is 47.7 Å². The van der Waals surface area contributed by atoms with Crippen LogP contribution in [0.4, 0.5) is 0 Å². The summed E-state index contributed by atoms with van der Waals surface area (Å²) in [5, 5.41) is 89.4. The fourth-order valence-corrected chi connectivity index (χ4v) is 7.26. The van der Waals surface area contributed by atoms with Crippen LogP contribution in [0.2, 0.25) is 0 Å². The van der Waals surface area contributed by atoms with E-state index in [1.54, 1.807) is 109 Å². The quantitative estimate of drug-likeness (QED) is 0.0335. The van der Waals surface area contributed by atoms with E-state index < -0.39 is 15.9 Å². The summed E-state index contributed by atoms with van der Waals surface area (Å²) >= 11 is 0. The molecule has 0 aliphatic rings. The SMILES string of the molecule is COc1cccc(C=NCC(C)(CN=Cc2cccc(OC)c2[O-])CN=Cc2cccc(OC)c2[O-])c1[O-].COc1cccc(C=NCC(C)(CN=Cc2cccc(OC)c2[O-])CN=Cc2cccc(OC)c2[O-])c1[O-].O=[N+]([O-])[O-].[Mn+2].[Mn+2].[Tb+3]. The first-order chi connectivity index (χ1) is 38.4. The number of methoxy groups -OCH3 is 6. The van der Waals surface area contributed by atoms with Gasteiger partial charge >= 0.3 is 72.7 Å². The number of benzene rings is 6. The van der Waals surface area contributed by atoms with Crippen molar-refractivity contribution in [2.45, 2.75) is 13.8 Å². The maximum absolute atomic E-state index is 12.4. The molecule has 0 atom stereocenters. The molecule has 6 rings (SSSR count). The van der Waals surface area contributed by atoms with Crippen LogP contribution in [0.15, 0.2) is 139 Å². The molecule has 6 aromatic carbocycles. The van der Waals surface area contributed by atoms with Crippen LogP contribution in [-0.2, 0) is 34.1 Å². The smallest absolute Gasteiger partial charge is 0.870 e.